The van der Waals surface area contributed by atoms with E-state index in [0.717, 1.165) is 38.5 Å². The normalized spacial score (nSPS) is 23.1. The van der Waals surface area contributed by atoms with Crippen molar-refractivity contribution in [1.29, 1.82) is 0 Å². The molecular weight excluding hydrogens is 413 g/mol. The fourth-order valence-corrected chi connectivity index (χ4v) is 6.33. The molecule has 2 aromatic rings. The molecule has 2 fully saturated rings. The molecule has 1 unspecified atom stereocenters. The van der Waals surface area contributed by atoms with Crippen molar-refractivity contribution in [3.63, 3.8) is 0 Å². The molecule has 3 heterocycles. The summed E-state index contributed by atoms with van der Waals surface area (Å²) in [6.45, 7) is 18.6. The molecule has 0 saturated carbocycles. The highest BCUT2D eigenvalue weighted by Crippen LogP contribution is 2.53. The third kappa shape index (κ3) is 4.04. The van der Waals surface area contributed by atoms with Crippen LogP contribution in [0.4, 0.5) is 10.1 Å². The summed E-state index contributed by atoms with van der Waals surface area (Å²) in [6.07, 6.45) is 2.57. The lowest BCUT2D eigenvalue weighted by molar-refractivity contribution is 0.0396. The van der Waals surface area contributed by atoms with Gasteiger partial charge in [0, 0.05) is 44.0 Å². The number of nitrogens with zero attached hydrogens (tertiary/aromatic N) is 3. The van der Waals surface area contributed by atoms with Crippen LogP contribution in [0.2, 0.25) is 0 Å². The first-order valence-corrected chi connectivity index (χ1v) is 12.5. The van der Waals surface area contributed by atoms with Crippen molar-refractivity contribution in [1.82, 2.24) is 9.80 Å². The third-order valence-electron chi connectivity index (χ3n) is 8.07. The summed E-state index contributed by atoms with van der Waals surface area (Å²) >= 11 is 0. The van der Waals surface area contributed by atoms with Crippen LogP contribution >= 0.6 is 0 Å². The maximum Gasteiger partial charge on any atom is 0.128 e. The van der Waals surface area contributed by atoms with Crippen LogP contribution in [-0.2, 0) is 6.54 Å². The van der Waals surface area contributed by atoms with E-state index in [0.29, 0.717) is 6.04 Å². The van der Waals surface area contributed by atoms with E-state index in [4.69, 9.17) is 4.74 Å². The van der Waals surface area contributed by atoms with Crippen molar-refractivity contribution in [2.75, 3.05) is 44.2 Å². The van der Waals surface area contributed by atoms with Crippen LogP contribution in [0.15, 0.2) is 24.3 Å². The lowest BCUT2D eigenvalue weighted by atomic mass is 9.87. The summed E-state index contributed by atoms with van der Waals surface area (Å²) in [6, 6.07) is 7.26. The van der Waals surface area contributed by atoms with Gasteiger partial charge in [-0.3, -0.25) is 9.80 Å². The van der Waals surface area contributed by atoms with E-state index in [1.807, 2.05) is 12.1 Å². The van der Waals surface area contributed by atoms with Crippen molar-refractivity contribution in [2.24, 2.45) is 0 Å². The quantitative estimate of drug-likeness (QED) is 0.621. The second kappa shape index (κ2) is 8.59. The van der Waals surface area contributed by atoms with Crippen molar-refractivity contribution >= 4 is 5.69 Å². The monoisotopic (exact) mass is 451 g/mol. The predicted octanol–water partition coefficient (Wildman–Crippen LogP) is 5.38. The number of halogens is 1. The molecule has 2 aromatic carbocycles. The van der Waals surface area contributed by atoms with E-state index in [-0.39, 0.29) is 11.4 Å². The first-order chi connectivity index (χ1) is 15.8. The molecule has 3 aliphatic heterocycles. The second-order valence-corrected chi connectivity index (χ2v) is 10.7. The lowest BCUT2D eigenvalue weighted by Crippen LogP contribution is -2.46. The minimum absolute atomic E-state index is 0.166. The molecule has 3 aliphatic rings. The summed E-state index contributed by atoms with van der Waals surface area (Å²) in [4.78, 5) is 7.72. The average molecular weight is 452 g/mol. The van der Waals surface area contributed by atoms with E-state index in [1.54, 1.807) is 12.1 Å². The second-order valence-electron chi connectivity index (χ2n) is 10.7. The van der Waals surface area contributed by atoms with Crippen molar-refractivity contribution in [3.8, 4) is 5.75 Å². The Labute approximate surface area is 198 Å². The Hall–Kier alpha value is -2.11. The predicted molar refractivity (Wildman–Crippen MR) is 133 cm³/mol. The van der Waals surface area contributed by atoms with E-state index in [9.17, 15) is 4.39 Å². The lowest BCUT2D eigenvalue weighted by Gasteiger charge is -2.39. The molecular formula is C28H38FN3O. The molecule has 5 heteroatoms. The summed E-state index contributed by atoms with van der Waals surface area (Å²) < 4.78 is 19.9. The van der Waals surface area contributed by atoms with Crippen molar-refractivity contribution < 1.29 is 9.13 Å². The minimum atomic E-state index is -0.207. The number of hydrogen-bond acceptors (Lipinski definition) is 4. The molecule has 178 valence electrons. The van der Waals surface area contributed by atoms with Gasteiger partial charge in [-0.15, -0.1) is 0 Å². The maximum atomic E-state index is 13.2. The maximum absolute atomic E-state index is 13.2. The molecule has 0 bridgehead atoms. The summed E-state index contributed by atoms with van der Waals surface area (Å²) in [7, 11) is 0. The van der Waals surface area contributed by atoms with Gasteiger partial charge in [-0.1, -0.05) is 12.1 Å². The highest BCUT2D eigenvalue weighted by molar-refractivity contribution is 5.71. The van der Waals surface area contributed by atoms with Crippen molar-refractivity contribution in [3.05, 3.63) is 57.9 Å². The Balaban J connectivity index is 1.40. The Bertz CT molecular complexity index is 1020. The Morgan fingerprint density at radius 3 is 2.15 bits per heavy atom. The van der Waals surface area contributed by atoms with Crippen molar-refractivity contribution in [2.45, 2.75) is 65.6 Å². The Kier molecular flexibility index (Phi) is 5.90. The average Bonchev–Trinajstić information content (AvgIpc) is 3.40. The number of piperazine rings is 1. The molecule has 0 aromatic heterocycles. The Morgan fingerprint density at radius 2 is 1.52 bits per heavy atom. The van der Waals surface area contributed by atoms with Crippen LogP contribution in [-0.4, -0.2) is 54.7 Å². The molecule has 0 N–H and O–H groups in total. The van der Waals surface area contributed by atoms with Gasteiger partial charge >= 0.3 is 0 Å². The largest absolute Gasteiger partial charge is 0.485 e. The van der Waals surface area contributed by atoms with Gasteiger partial charge in [0.15, 0.2) is 0 Å². The first kappa shape index (κ1) is 22.7. The zero-order valence-electron chi connectivity index (χ0n) is 20.9. The molecule has 1 atom stereocenters. The number of hydrogen-bond donors (Lipinski definition) is 0. The van der Waals surface area contributed by atoms with Gasteiger partial charge < -0.3 is 9.64 Å². The zero-order chi connectivity index (χ0) is 23.3. The van der Waals surface area contributed by atoms with Gasteiger partial charge in [0.25, 0.3) is 0 Å². The zero-order valence-corrected chi connectivity index (χ0v) is 20.9. The summed E-state index contributed by atoms with van der Waals surface area (Å²) in [5.74, 6) is 0.964. The van der Waals surface area contributed by atoms with Crippen LogP contribution < -0.4 is 9.64 Å². The van der Waals surface area contributed by atoms with Crippen LogP contribution in [0.1, 0.15) is 60.5 Å². The van der Waals surface area contributed by atoms with E-state index in [2.05, 4.69) is 49.3 Å². The highest BCUT2D eigenvalue weighted by Gasteiger charge is 2.47. The van der Waals surface area contributed by atoms with E-state index in [1.165, 1.54) is 59.4 Å². The topological polar surface area (TPSA) is 19.0 Å². The summed E-state index contributed by atoms with van der Waals surface area (Å²) in [5, 5.41) is 0. The number of fused-ring (bicyclic) bond motifs is 1. The number of rotatable bonds is 4. The van der Waals surface area contributed by atoms with E-state index >= 15 is 0 Å². The number of benzene rings is 2. The van der Waals surface area contributed by atoms with Gasteiger partial charge in [-0.05, 0) is 94.9 Å². The third-order valence-corrected chi connectivity index (χ3v) is 8.07. The molecule has 0 spiro atoms. The van der Waals surface area contributed by atoms with Gasteiger partial charge in [-0.2, -0.15) is 0 Å². The van der Waals surface area contributed by atoms with Crippen LogP contribution in [0, 0.1) is 26.6 Å². The molecule has 0 radical (unpaired) electrons. The standard InChI is InChI=1S/C28H38FN3O/c1-19-20(2)26-24(27(28(4,5)33-26)32-12-6-7-13-32)21(3)25(19)31-16-14-30(15-17-31)18-22-8-10-23(29)11-9-22/h8-11,27H,6-7,12-18H2,1-5H3. The molecule has 5 rings (SSSR count). The minimum Gasteiger partial charge on any atom is -0.485 e. The number of likely N-dealkylation sites (tertiary alicyclic amines) is 1. The number of ether oxygens (including phenoxy) is 1. The van der Waals surface area contributed by atoms with Crippen LogP contribution in [0.25, 0.3) is 0 Å². The van der Waals surface area contributed by atoms with Gasteiger partial charge in [0.2, 0.25) is 0 Å². The summed E-state index contributed by atoms with van der Waals surface area (Å²) in [5.41, 5.74) is 7.87. The van der Waals surface area contributed by atoms with Gasteiger partial charge in [0.05, 0.1) is 6.04 Å². The molecule has 0 aliphatic carbocycles. The molecule has 2 saturated heterocycles. The fraction of sp³-hybridized carbons (Fsp3) is 0.571. The Morgan fingerprint density at radius 1 is 0.879 bits per heavy atom. The van der Waals surface area contributed by atoms with Gasteiger partial charge in [-0.25, -0.2) is 4.39 Å². The highest BCUT2D eigenvalue weighted by atomic mass is 19.1. The number of anilines is 1. The smallest absolute Gasteiger partial charge is 0.128 e. The fourth-order valence-electron chi connectivity index (χ4n) is 6.33. The molecule has 4 nitrogen and oxygen atoms in total. The van der Waals surface area contributed by atoms with Crippen LogP contribution in [0.3, 0.4) is 0 Å². The molecule has 33 heavy (non-hydrogen) atoms. The van der Waals surface area contributed by atoms with Gasteiger partial charge in [0.1, 0.15) is 17.2 Å². The molecule has 0 amide bonds. The SMILES string of the molecule is Cc1c(C)c(N2CCN(Cc3ccc(F)cc3)CC2)c(C)c2c1OC(C)(C)C2N1CCCC1. The van der Waals surface area contributed by atoms with Crippen LogP contribution in [0.5, 0.6) is 5.75 Å². The first-order valence-electron chi connectivity index (χ1n) is 12.5. The van der Waals surface area contributed by atoms with E-state index < -0.39 is 0 Å².